The van der Waals surface area contributed by atoms with Crippen LogP contribution >= 0.6 is 11.6 Å². The molecule has 1 heterocycles. The first-order valence-corrected chi connectivity index (χ1v) is 3.93. The maximum Gasteiger partial charge on any atom is 0.189 e. The van der Waals surface area contributed by atoms with Crippen LogP contribution in [0, 0.1) is 0 Å². The molecule has 3 nitrogen and oxygen atoms in total. The maximum atomic E-state index is 5.89. The minimum Gasteiger partial charge on any atom is -0.466 e. The Kier molecular flexibility index (Phi) is 1.83. The fraction of sp³-hybridized carbons (Fsp3) is 0.250. The molecule has 0 amide bonds. The highest BCUT2D eigenvalue weighted by Crippen LogP contribution is 2.33. The van der Waals surface area contributed by atoms with E-state index in [1.165, 1.54) is 0 Å². The molecule has 0 aliphatic carbocycles. The average molecular weight is 186 g/mol. The molecular formula is C8H8ClNO2. The van der Waals surface area contributed by atoms with Gasteiger partial charge in [-0.15, -0.1) is 0 Å². The van der Waals surface area contributed by atoms with Crippen LogP contribution in [0.15, 0.2) is 12.1 Å². The summed E-state index contributed by atoms with van der Waals surface area (Å²) >= 11 is 5.89. The van der Waals surface area contributed by atoms with Crippen molar-refractivity contribution in [1.82, 2.24) is 0 Å². The molecule has 2 rings (SSSR count). The topological polar surface area (TPSA) is 44.5 Å². The van der Waals surface area contributed by atoms with Gasteiger partial charge in [-0.1, -0.05) is 11.6 Å². The van der Waals surface area contributed by atoms with Gasteiger partial charge >= 0.3 is 0 Å². The molecule has 1 aromatic carbocycles. The number of ether oxygens (including phenoxy) is 2. The highest BCUT2D eigenvalue weighted by atomic mass is 35.5. The minimum atomic E-state index is 0.261. The van der Waals surface area contributed by atoms with E-state index in [1.54, 1.807) is 12.1 Å². The summed E-state index contributed by atoms with van der Waals surface area (Å²) in [6.45, 7) is 0.775. The van der Waals surface area contributed by atoms with E-state index < -0.39 is 0 Å². The second-order valence-corrected chi connectivity index (χ2v) is 3.01. The Morgan fingerprint density at radius 1 is 1.42 bits per heavy atom. The molecule has 0 radical (unpaired) electrons. The summed E-state index contributed by atoms with van der Waals surface area (Å²) in [7, 11) is 0. The Bertz CT molecular complexity index is 314. The van der Waals surface area contributed by atoms with Crippen LogP contribution < -0.4 is 10.5 Å². The van der Waals surface area contributed by atoms with E-state index in [2.05, 4.69) is 0 Å². The predicted molar refractivity (Wildman–Crippen MR) is 46.1 cm³/mol. The second kappa shape index (κ2) is 2.84. The number of hydrogen-bond acceptors (Lipinski definition) is 3. The van der Waals surface area contributed by atoms with Crippen molar-refractivity contribution in [3.8, 4) is 5.75 Å². The number of fused-ring (bicyclic) bond motifs is 1. The Morgan fingerprint density at radius 2 is 2.25 bits per heavy atom. The van der Waals surface area contributed by atoms with E-state index in [1.807, 2.05) is 0 Å². The van der Waals surface area contributed by atoms with Gasteiger partial charge in [-0.25, -0.2) is 0 Å². The molecule has 4 heteroatoms. The molecule has 0 atom stereocenters. The fourth-order valence-corrected chi connectivity index (χ4v) is 1.50. The lowest BCUT2D eigenvalue weighted by atomic mass is 10.2. The highest BCUT2D eigenvalue weighted by molar-refractivity contribution is 6.32. The van der Waals surface area contributed by atoms with Crippen LogP contribution in [0.5, 0.6) is 5.75 Å². The Hall–Kier alpha value is -0.930. The molecule has 2 N–H and O–H groups in total. The van der Waals surface area contributed by atoms with E-state index in [9.17, 15) is 0 Å². The van der Waals surface area contributed by atoms with Crippen LogP contribution in [-0.4, -0.2) is 6.79 Å². The van der Waals surface area contributed by atoms with Crippen molar-refractivity contribution in [3.05, 3.63) is 22.7 Å². The van der Waals surface area contributed by atoms with Crippen LogP contribution in [0.1, 0.15) is 5.56 Å². The molecule has 1 aliphatic heterocycles. The molecule has 1 aliphatic rings. The van der Waals surface area contributed by atoms with Gasteiger partial charge in [0.2, 0.25) is 0 Å². The van der Waals surface area contributed by atoms with Crippen LogP contribution in [0.2, 0.25) is 5.02 Å². The third kappa shape index (κ3) is 1.21. The lowest BCUT2D eigenvalue weighted by Gasteiger charge is -2.18. The van der Waals surface area contributed by atoms with Crippen molar-refractivity contribution in [1.29, 1.82) is 0 Å². The van der Waals surface area contributed by atoms with E-state index in [-0.39, 0.29) is 6.79 Å². The monoisotopic (exact) mass is 185 g/mol. The summed E-state index contributed by atoms with van der Waals surface area (Å²) in [5, 5.41) is 0.549. The predicted octanol–water partition coefficient (Wildman–Crippen LogP) is 1.79. The molecule has 0 aromatic heterocycles. The van der Waals surface area contributed by atoms with Crippen LogP contribution in [-0.2, 0) is 11.3 Å². The zero-order valence-corrected chi connectivity index (χ0v) is 7.10. The van der Waals surface area contributed by atoms with E-state index in [4.69, 9.17) is 26.8 Å². The summed E-state index contributed by atoms with van der Waals surface area (Å²) in [5.41, 5.74) is 7.13. The van der Waals surface area contributed by atoms with Gasteiger partial charge in [-0.2, -0.15) is 0 Å². The Balaban J connectivity index is 2.53. The van der Waals surface area contributed by atoms with Crippen molar-refractivity contribution >= 4 is 17.3 Å². The molecule has 0 spiro atoms. The lowest BCUT2D eigenvalue weighted by Crippen LogP contribution is -2.11. The van der Waals surface area contributed by atoms with Gasteiger partial charge in [0.15, 0.2) is 6.79 Å². The number of anilines is 1. The normalized spacial score (nSPS) is 15.1. The third-order valence-corrected chi connectivity index (χ3v) is 1.97. The van der Waals surface area contributed by atoms with Crippen LogP contribution in [0.3, 0.4) is 0 Å². The summed E-state index contributed by atoms with van der Waals surface area (Å²) < 4.78 is 10.3. The number of nitrogens with two attached hydrogens (primary N) is 1. The highest BCUT2D eigenvalue weighted by Gasteiger charge is 2.14. The quantitative estimate of drug-likeness (QED) is 0.627. The molecule has 0 bridgehead atoms. The second-order valence-electron chi connectivity index (χ2n) is 2.60. The zero-order chi connectivity index (χ0) is 8.55. The van der Waals surface area contributed by atoms with Crippen molar-refractivity contribution in [2.45, 2.75) is 6.61 Å². The number of halogens is 1. The van der Waals surface area contributed by atoms with Crippen molar-refractivity contribution < 1.29 is 9.47 Å². The summed E-state index contributed by atoms with van der Waals surface area (Å²) in [4.78, 5) is 0. The molecule has 0 fully saturated rings. The molecular weight excluding hydrogens is 178 g/mol. The standard InChI is InChI=1S/C8H8ClNO2/c9-7-2-6(10)1-5-3-11-4-12-8(5)7/h1-2H,3-4,10H2. The number of hydrogen-bond donors (Lipinski definition) is 1. The summed E-state index contributed by atoms with van der Waals surface area (Å²) in [5.74, 6) is 0.692. The number of benzene rings is 1. The van der Waals surface area contributed by atoms with Gasteiger partial charge in [-0.3, -0.25) is 0 Å². The molecule has 64 valence electrons. The van der Waals surface area contributed by atoms with Gasteiger partial charge in [0.1, 0.15) is 5.75 Å². The van der Waals surface area contributed by atoms with Gasteiger partial charge < -0.3 is 15.2 Å². The largest absolute Gasteiger partial charge is 0.466 e. The van der Waals surface area contributed by atoms with E-state index in [0.29, 0.717) is 23.1 Å². The van der Waals surface area contributed by atoms with Gasteiger partial charge in [-0.05, 0) is 12.1 Å². The van der Waals surface area contributed by atoms with Gasteiger partial charge in [0.25, 0.3) is 0 Å². The summed E-state index contributed by atoms with van der Waals surface area (Å²) in [6, 6.07) is 3.48. The van der Waals surface area contributed by atoms with Crippen molar-refractivity contribution in [2.24, 2.45) is 0 Å². The Morgan fingerprint density at radius 3 is 3.08 bits per heavy atom. The van der Waals surface area contributed by atoms with Crippen molar-refractivity contribution in [3.63, 3.8) is 0 Å². The molecule has 0 saturated carbocycles. The number of rotatable bonds is 0. The number of nitrogen functional groups attached to an aromatic ring is 1. The third-order valence-electron chi connectivity index (χ3n) is 1.69. The Labute approximate surface area is 75.0 Å². The smallest absolute Gasteiger partial charge is 0.189 e. The van der Waals surface area contributed by atoms with E-state index >= 15 is 0 Å². The summed E-state index contributed by atoms with van der Waals surface area (Å²) in [6.07, 6.45) is 0. The van der Waals surface area contributed by atoms with Crippen LogP contribution in [0.4, 0.5) is 5.69 Å². The van der Waals surface area contributed by atoms with Crippen LogP contribution in [0.25, 0.3) is 0 Å². The minimum absolute atomic E-state index is 0.261. The molecule has 0 saturated heterocycles. The first-order chi connectivity index (χ1) is 5.77. The molecule has 0 unspecified atom stereocenters. The zero-order valence-electron chi connectivity index (χ0n) is 6.34. The SMILES string of the molecule is Nc1cc(Cl)c2c(c1)COCO2. The van der Waals surface area contributed by atoms with Gasteiger partial charge in [0.05, 0.1) is 11.6 Å². The van der Waals surface area contributed by atoms with E-state index in [0.717, 1.165) is 5.56 Å². The molecule has 1 aromatic rings. The molecule has 12 heavy (non-hydrogen) atoms. The first kappa shape index (κ1) is 7.71. The lowest BCUT2D eigenvalue weighted by molar-refractivity contribution is -0.0162. The average Bonchev–Trinajstić information content (AvgIpc) is 2.04. The first-order valence-electron chi connectivity index (χ1n) is 3.56. The maximum absolute atomic E-state index is 5.89. The fourth-order valence-electron chi connectivity index (χ4n) is 1.19. The van der Waals surface area contributed by atoms with Gasteiger partial charge in [0, 0.05) is 11.3 Å². The van der Waals surface area contributed by atoms with Crippen molar-refractivity contribution in [2.75, 3.05) is 12.5 Å².